The SMILES string of the molecule is CNc1nc(-c2ccc(OC3CCOCC3)nc2)cc2nccnc12. The number of hydrogen-bond acceptors (Lipinski definition) is 7. The van der Waals surface area contributed by atoms with Crippen molar-refractivity contribution in [3.05, 3.63) is 36.8 Å². The molecule has 1 saturated heterocycles. The molecule has 0 radical (unpaired) electrons. The van der Waals surface area contributed by atoms with Crippen LogP contribution >= 0.6 is 0 Å². The van der Waals surface area contributed by atoms with Crippen molar-refractivity contribution in [2.24, 2.45) is 0 Å². The van der Waals surface area contributed by atoms with E-state index in [-0.39, 0.29) is 6.10 Å². The molecule has 0 amide bonds. The molecule has 0 aromatic carbocycles. The summed E-state index contributed by atoms with van der Waals surface area (Å²) in [5.74, 6) is 1.33. The van der Waals surface area contributed by atoms with Gasteiger partial charge in [-0.15, -0.1) is 0 Å². The van der Waals surface area contributed by atoms with E-state index >= 15 is 0 Å². The Kier molecular flexibility index (Phi) is 4.39. The van der Waals surface area contributed by atoms with Gasteiger partial charge in [-0.2, -0.15) is 0 Å². The lowest BCUT2D eigenvalue weighted by Crippen LogP contribution is -2.26. The molecule has 0 spiro atoms. The van der Waals surface area contributed by atoms with E-state index in [0.29, 0.717) is 11.7 Å². The molecule has 25 heavy (non-hydrogen) atoms. The third-order valence-corrected chi connectivity index (χ3v) is 4.18. The molecule has 128 valence electrons. The topological polar surface area (TPSA) is 82.1 Å². The van der Waals surface area contributed by atoms with Crippen molar-refractivity contribution in [1.29, 1.82) is 0 Å². The maximum Gasteiger partial charge on any atom is 0.213 e. The largest absolute Gasteiger partial charge is 0.474 e. The number of nitrogens with zero attached hydrogens (tertiary/aromatic N) is 4. The molecule has 1 aliphatic heterocycles. The Labute approximate surface area is 145 Å². The van der Waals surface area contributed by atoms with Gasteiger partial charge < -0.3 is 14.8 Å². The molecule has 7 nitrogen and oxygen atoms in total. The van der Waals surface area contributed by atoms with Crippen LogP contribution in [0.15, 0.2) is 36.8 Å². The van der Waals surface area contributed by atoms with Crippen LogP contribution in [0, 0.1) is 0 Å². The molecule has 7 heteroatoms. The standard InChI is InChI=1S/C18H19N5O2/c1-19-18-17-15(20-6-7-21-17)10-14(23-18)12-2-3-16(22-11-12)25-13-4-8-24-9-5-13/h2-3,6-7,10-11,13H,4-5,8-9H2,1H3,(H,19,23). The summed E-state index contributed by atoms with van der Waals surface area (Å²) in [6, 6.07) is 5.76. The van der Waals surface area contributed by atoms with Crippen LogP contribution in [0.1, 0.15) is 12.8 Å². The quantitative estimate of drug-likeness (QED) is 0.783. The Balaban J connectivity index is 1.60. The summed E-state index contributed by atoms with van der Waals surface area (Å²) in [4.78, 5) is 17.8. The van der Waals surface area contributed by atoms with E-state index in [9.17, 15) is 0 Å². The maximum atomic E-state index is 5.92. The van der Waals surface area contributed by atoms with Crippen molar-refractivity contribution >= 4 is 16.9 Å². The van der Waals surface area contributed by atoms with E-state index in [1.54, 1.807) is 18.6 Å². The highest BCUT2D eigenvalue weighted by Gasteiger charge is 2.16. The predicted octanol–water partition coefficient (Wildman–Crippen LogP) is 2.69. The lowest BCUT2D eigenvalue weighted by molar-refractivity contribution is 0.0237. The van der Waals surface area contributed by atoms with Gasteiger partial charge in [-0.3, -0.25) is 4.98 Å². The first-order valence-corrected chi connectivity index (χ1v) is 8.34. The number of rotatable bonds is 4. The zero-order valence-corrected chi connectivity index (χ0v) is 14.0. The fourth-order valence-corrected chi connectivity index (χ4v) is 2.86. The maximum absolute atomic E-state index is 5.92. The van der Waals surface area contributed by atoms with Crippen molar-refractivity contribution < 1.29 is 9.47 Å². The Hall–Kier alpha value is -2.80. The van der Waals surface area contributed by atoms with Gasteiger partial charge in [-0.1, -0.05) is 0 Å². The van der Waals surface area contributed by atoms with Crippen LogP contribution in [0.5, 0.6) is 5.88 Å². The minimum absolute atomic E-state index is 0.178. The third-order valence-electron chi connectivity index (χ3n) is 4.18. The molecule has 0 saturated carbocycles. The van der Waals surface area contributed by atoms with E-state index in [1.807, 2.05) is 25.2 Å². The molecule has 4 rings (SSSR count). The first-order valence-electron chi connectivity index (χ1n) is 8.34. The van der Waals surface area contributed by atoms with Crippen LogP contribution in [0.25, 0.3) is 22.3 Å². The Morgan fingerprint density at radius 1 is 1.12 bits per heavy atom. The van der Waals surface area contributed by atoms with E-state index in [1.165, 1.54) is 0 Å². The summed E-state index contributed by atoms with van der Waals surface area (Å²) >= 11 is 0. The molecule has 0 atom stereocenters. The number of aromatic nitrogens is 4. The molecular weight excluding hydrogens is 318 g/mol. The normalized spacial score (nSPS) is 15.2. The average molecular weight is 337 g/mol. The molecule has 1 fully saturated rings. The molecule has 0 bridgehead atoms. The van der Waals surface area contributed by atoms with Crippen LogP contribution in [0.3, 0.4) is 0 Å². The predicted molar refractivity (Wildman–Crippen MR) is 94.6 cm³/mol. The molecular formula is C18H19N5O2. The Morgan fingerprint density at radius 3 is 2.72 bits per heavy atom. The lowest BCUT2D eigenvalue weighted by atomic mass is 10.1. The molecule has 1 aliphatic rings. The number of ether oxygens (including phenoxy) is 2. The highest BCUT2D eigenvalue weighted by molar-refractivity contribution is 5.88. The zero-order chi connectivity index (χ0) is 17.1. The second-order valence-corrected chi connectivity index (χ2v) is 5.84. The van der Waals surface area contributed by atoms with Gasteiger partial charge in [-0.05, 0) is 12.1 Å². The lowest BCUT2D eigenvalue weighted by Gasteiger charge is -2.22. The van der Waals surface area contributed by atoms with Crippen LogP contribution in [-0.4, -0.2) is 46.3 Å². The molecule has 0 unspecified atom stereocenters. The first kappa shape index (κ1) is 15.7. The summed E-state index contributed by atoms with van der Waals surface area (Å²) in [6.45, 7) is 1.50. The summed E-state index contributed by atoms with van der Waals surface area (Å²) in [6.07, 6.45) is 7.10. The Morgan fingerprint density at radius 2 is 1.96 bits per heavy atom. The van der Waals surface area contributed by atoms with Crippen molar-refractivity contribution in [1.82, 2.24) is 19.9 Å². The summed E-state index contributed by atoms with van der Waals surface area (Å²) in [7, 11) is 1.82. The molecule has 0 aliphatic carbocycles. The van der Waals surface area contributed by atoms with Gasteiger partial charge in [0.15, 0.2) is 5.82 Å². The third kappa shape index (κ3) is 3.36. The van der Waals surface area contributed by atoms with Gasteiger partial charge in [0.05, 0.1) is 24.4 Å². The first-order chi connectivity index (χ1) is 12.3. The van der Waals surface area contributed by atoms with Gasteiger partial charge in [0.25, 0.3) is 0 Å². The van der Waals surface area contributed by atoms with Crippen molar-refractivity contribution in [2.45, 2.75) is 18.9 Å². The minimum atomic E-state index is 0.178. The fraction of sp³-hybridized carbons (Fsp3) is 0.333. The summed E-state index contributed by atoms with van der Waals surface area (Å²) in [5.41, 5.74) is 3.24. The summed E-state index contributed by atoms with van der Waals surface area (Å²) in [5, 5.41) is 3.08. The highest BCUT2D eigenvalue weighted by Crippen LogP contribution is 2.26. The van der Waals surface area contributed by atoms with Crippen LogP contribution in [0.4, 0.5) is 5.82 Å². The van der Waals surface area contributed by atoms with E-state index in [0.717, 1.165) is 48.3 Å². The van der Waals surface area contributed by atoms with Crippen molar-refractivity contribution in [2.75, 3.05) is 25.6 Å². The Bertz CT molecular complexity index is 863. The summed E-state index contributed by atoms with van der Waals surface area (Å²) < 4.78 is 11.3. The van der Waals surface area contributed by atoms with Crippen LogP contribution in [0.2, 0.25) is 0 Å². The van der Waals surface area contributed by atoms with E-state index in [4.69, 9.17) is 9.47 Å². The minimum Gasteiger partial charge on any atom is -0.474 e. The molecule has 4 heterocycles. The second kappa shape index (κ2) is 6.98. The number of nitrogens with one attached hydrogen (secondary N) is 1. The monoisotopic (exact) mass is 337 g/mol. The average Bonchev–Trinajstić information content (AvgIpc) is 2.68. The molecule has 3 aromatic rings. The molecule has 1 N–H and O–H groups in total. The van der Waals surface area contributed by atoms with Gasteiger partial charge in [0, 0.05) is 50.1 Å². The van der Waals surface area contributed by atoms with Crippen molar-refractivity contribution in [3.8, 4) is 17.1 Å². The second-order valence-electron chi connectivity index (χ2n) is 5.84. The molecule has 3 aromatic heterocycles. The van der Waals surface area contributed by atoms with E-state index in [2.05, 4.69) is 25.3 Å². The highest BCUT2D eigenvalue weighted by atomic mass is 16.5. The smallest absolute Gasteiger partial charge is 0.213 e. The van der Waals surface area contributed by atoms with Crippen LogP contribution in [-0.2, 0) is 4.74 Å². The number of hydrogen-bond donors (Lipinski definition) is 1. The van der Waals surface area contributed by atoms with Gasteiger partial charge in [-0.25, -0.2) is 15.0 Å². The van der Waals surface area contributed by atoms with Crippen molar-refractivity contribution in [3.63, 3.8) is 0 Å². The fourth-order valence-electron chi connectivity index (χ4n) is 2.86. The van der Waals surface area contributed by atoms with Gasteiger partial charge in [0.2, 0.25) is 5.88 Å². The number of anilines is 1. The van der Waals surface area contributed by atoms with Gasteiger partial charge >= 0.3 is 0 Å². The number of fused-ring (bicyclic) bond motifs is 1. The van der Waals surface area contributed by atoms with Crippen LogP contribution < -0.4 is 10.1 Å². The zero-order valence-electron chi connectivity index (χ0n) is 14.0. The van der Waals surface area contributed by atoms with E-state index < -0.39 is 0 Å². The van der Waals surface area contributed by atoms with Gasteiger partial charge in [0.1, 0.15) is 11.6 Å². The number of pyridine rings is 2.